The average molecular weight is 341 g/mol. The Morgan fingerprint density at radius 1 is 1.08 bits per heavy atom. The first-order valence-corrected chi connectivity index (χ1v) is 8.85. The van der Waals surface area contributed by atoms with Gasteiger partial charge in [0, 0.05) is 19.6 Å². The number of nitrogens with zero attached hydrogens (tertiary/aromatic N) is 1. The molecule has 3 rings (SSSR count). The van der Waals surface area contributed by atoms with Gasteiger partial charge in [-0.2, -0.15) is 0 Å². The largest absolute Gasteiger partial charge is 0.497 e. The van der Waals surface area contributed by atoms with Gasteiger partial charge >= 0.3 is 0 Å². The van der Waals surface area contributed by atoms with E-state index in [9.17, 15) is 10.2 Å². The van der Waals surface area contributed by atoms with E-state index < -0.39 is 11.7 Å². The van der Waals surface area contributed by atoms with E-state index in [1.165, 1.54) is 0 Å². The molecule has 0 aromatic heterocycles. The molecular weight excluding hydrogens is 314 g/mol. The van der Waals surface area contributed by atoms with Gasteiger partial charge in [0.1, 0.15) is 5.75 Å². The van der Waals surface area contributed by atoms with Crippen LogP contribution in [0.25, 0.3) is 0 Å². The zero-order valence-corrected chi connectivity index (χ0v) is 15.0. The van der Waals surface area contributed by atoms with Crippen molar-refractivity contribution in [3.63, 3.8) is 0 Å². The van der Waals surface area contributed by atoms with Gasteiger partial charge in [0.25, 0.3) is 0 Å². The number of rotatable bonds is 5. The van der Waals surface area contributed by atoms with Crippen molar-refractivity contribution in [2.24, 2.45) is 0 Å². The predicted molar refractivity (Wildman–Crippen MR) is 98.7 cm³/mol. The zero-order chi connectivity index (χ0) is 17.9. The van der Waals surface area contributed by atoms with Gasteiger partial charge in [-0.25, -0.2) is 0 Å². The molecule has 2 N–H and O–H groups in total. The number of hydrogen-bond donors (Lipinski definition) is 2. The van der Waals surface area contributed by atoms with E-state index in [1.54, 1.807) is 7.11 Å². The Morgan fingerprint density at radius 2 is 1.72 bits per heavy atom. The summed E-state index contributed by atoms with van der Waals surface area (Å²) in [6, 6.07) is 15.6. The Hall–Kier alpha value is -1.88. The number of aryl methyl sites for hydroxylation is 1. The van der Waals surface area contributed by atoms with Crippen molar-refractivity contribution in [3.8, 4) is 5.75 Å². The van der Waals surface area contributed by atoms with Gasteiger partial charge < -0.3 is 19.8 Å². The fourth-order valence-electron chi connectivity index (χ4n) is 3.65. The van der Waals surface area contributed by atoms with E-state index >= 15 is 0 Å². The summed E-state index contributed by atoms with van der Waals surface area (Å²) in [5.74, 6) is 0.789. The zero-order valence-electron chi connectivity index (χ0n) is 15.0. The molecule has 1 atom stereocenters. The highest BCUT2D eigenvalue weighted by molar-refractivity contribution is 5.32. The molecule has 1 heterocycles. The molecule has 0 aliphatic carbocycles. The van der Waals surface area contributed by atoms with Gasteiger partial charge in [-0.1, -0.05) is 36.4 Å². The van der Waals surface area contributed by atoms with Gasteiger partial charge in [0.15, 0.2) is 0 Å². The normalized spacial score (nSPS) is 18.7. The first-order valence-electron chi connectivity index (χ1n) is 8.85. The second-order valence-corrected chi connectivity index (χ2v) is 6.94. The number of benzene rings is 2. The number of ether oxygens (including phenoxy) is 1. The van der Waals surface area contributed by atoms with Gasteiger partial charge in [0.2, 0.25) is 0 Å². The SMILES string of the molecule is COc1ccc([C@H](O)CN2CCC(O)(c3ccccc3C)CC2)cc1. The van der Waals surface area contributed by atoms with Crippen LogP contribution in [0.5, 0.6) is 5.75 Å². The molecule has 1 aliphatic heterocycles. The van der Waals surface area contributed by atoms with Crippen LogP contribution in [-0.4, -0.2) is 41.9 Å². The monoisotopic (exact) mass is 341 g/mol. The number of likely N-dealkylation sites (tertiary alicyclic amines) is 1. The highest BCUT2D eigenvalue weighted by Crippen LogP contribution is 2.35. The Kier molecular flexibility index (Phi) is 5.42. The second kappa shape index (κ2) is 7.56. The number of aliphatic hydroxyl groups excluding tert-OH is 1. The standard InChI is InChI=1S/C21H27NO3/c1-16-5-3-4-6-19(16)21(24)11-13-22(14-12-21)15-20(23)17-7-9-18(25-2)10-8-17/h3-10,20,23-24H,11-15H2,1-2H3/t20-/m1/s1. The maximum atomic E-state index is 11.0. The van der Waals surface area contributed by atoms with Crippen LogP contribution in [0.15, 0.2) is 48.5 Å². The van der Waals surface area contributed by atoms with Crippen LogP contribution >= 0.6 is 0 Å². The van der Waals surface area contributed by atoms with Crippen molar-refractivity contribution in [1.29, 1.82) is 0 Å². The molecule has 134 valence electrons. The summed E-state index contributed by atoms with van der Waals surface area (Å²) < 4.78 is 5.15. The van der Waals surface area contributed by atoms with E-state index in [-0.39, 0.29) is 0 Å². The summed E-state index contributed by atoms with van der Waals surface area (Å²) >= 11 is 0. The number of methoxy groups -OCH3 is 1. The fraction of sp³-hybridized carbons (Fsp3) is 0.429. The van der Waals surface area contributed by atoms with E-state index in [4.69, 9.17) is 4.74 Å². The maximum absolute atomic E-state index is 11.0. The molecule has 4 heteroatoms. The van der Waals surface area contributed by atoms with E-state index in [0.717, 1.165) is 35.5 Å². The minimum Gasteiger partial charge on any atom is -0.497 e. The third-order valence-corrected chi connectivity index (χ3v) is 5.26. The first-order chi connectivity index (χ1) is 12.0. The molecule has 1 fully saturated rings. The molecule has 0 unspecified atom stereocenters. The summed E-state index contributed by atoms with van der Waals surface area (Å²) in [4.78, 5) is 2.22. The lowest BCUT2D eigenvalue weighted by Gasteiger charge is -2.39. The van der Waals surface area contributed by atoms with Crippen molar-refractivity contribution in [2.75, 3.05) is 26.7 Å². The van der Waals surface area contributed by atoms with Crippen LogP contribution in [0.3, 0.4) is 0 Å². The number of aliphatic hydroxyl groups is 2. The molecule has 0 saturated carbocycles. The van der Waals surface area contributed by atoms with Crippen LogP contribution in [0.1, 0.15) is 35.6 Å². The van der Waals surface area contributed by atoms with E-state index in [0.29, 0.717) is 19.4 Å². The Balaban J connectivity index is 1.59. The summed E-state index contributed by atoms with van der Waals surface area (Å²) in [5.41, 5.74) is 2.30. The quantitative estimate of drug-likeness (QED) is 0.878. The van der Waals surface area contributed by atoms with Gasteiger partial charge in [-0.05, 0) is 48.6 Å². The molecule has 2 aromatic rings. The van der Waals surface area contributed by atoms with Crippen LogP contribution in [-0.2, 0) is 5.60 Å². The lowest BCUT2D eigenvalue weighted by atomic mass is 9.82. The van der Waals surface area contributed by atoms with Crippen molar-refractivity contribution in [2.45, 2.75) is 31.5 Å². The molecule has 4 nitrogen and oxygen atoms in total. The third kappa shape index (κ3) is 4.03. The second-order valence-electron chi connectivity index (χ2n) is 6.94. The molecule has 0 bridgehead atoms. The van der Waals surface area contributed by atoms with Crippen LogP contribution in [0.4, 0.5) is 0 Å². The number of hydrogen-bond acceptors (Lipinski definition) is 4. The van der Waals surface area contributed by atoms with Gasteiger partial charge in [0.05, 0.1) is 18.8 Å². The Labute approximate surface area is 149 Å². The van der Waals surface area contributed by atoms with E-state index in [1.807, 2.05) is 55.5 Å². The van der Waals surface area contributed by atoms with Crippen LogP contribution in [0.2, 0.25) is 0 Å². The average Bonchev–Trinajstić information content (AvgIpc) is 2.64. The molecule has 1 aliphatic rings. The van der Waals surface area contributed by atoms with Crippen molar-refractivity contribution in [3.05, 3.63) is 65.2 Å². The summed E-state index contributed by atoms with van der Waals surface area (Å²) in [6.07, 6.45) is 0.843. The maximum Gasteiger partial charge on any atom is 0.118 e. The minimum atomic E-state index is -0.757. The van der Waals surface area contributed by atoms with Crippen LogP contribution < -0.4 is 4.74 Å². The fourth-order valence-corrected chi connectivity index (χ4v) is 3.65. The van der Waals surface area contributed by atoms with E-state index in [2.05, 4.69) is 4.90 Å². The Morgan fingerprint density at radius 3 is 2.32 bits per heavy atom. The number of β-amino-alcohol motifs (C(OH)–C–C–N with tert-alkyl or cyclic N) is 1. The molecule has 25 heavy (non-hydrogen) atoms. The Bertz CT molecular complexity index is 691. The summed E-state index contributed by atoms with van der Waals surface area (Å²) in [7, 11) is 1.63. The molecule has 1 saturated heterocycles. The highest BCUT2D eigenvalue weighted by atomic mass is 16.5. The van der Waals surface area contributed by atoms with Crippen molar-refractivity contribution >= 4 is 0 Å². The third-order valence-electron chi connectivity index (χ3n) is 5.26. The van der Waals surface area contributed by atoms with Gasteiger partial charge in [-0.15, -0.1) is 0 Å². The lowest BCUT2D eigenvalue weighted by Crippen LogP contribution is -2.44. The van der Waals surface area contributed by atoms with Crippen molar-refractivity contribution in [1.82, 2.24) is 4.90 Å². The van der Waals surface area contributed by atoms with Crippen LogP contribution in [0, 0.1) is 6.92 Å². The predicted octanol–water partition coefficient (Wildman–Crippen LogP) is 3.02. The number of piperidine rings is 1. The molecule has 0 spiro atoms. The minimum absolute atomic E-state index is 0.532. The van der Waals surface area contributed by atoms with Crippen molar-refractivity contribution < 1.29 is 14.9 Å². The summed E-state index contributed by atoms with van der Waals surface area (Å²) in [6.45, 7) is 4.18. The first kappa shape index (κ1) is 17.9. The lowest BCUT2D eigenvalue weighted by molar-refractivity contribution is -0.0348. The van der Waals surface area contributed by atoms with Gasteiger partial charge in [-0.3, -0.25) is 0 Å². The molecule has 2 aromatic carbocycles. The molecular formula is C21H27NO3. The molecule has 0 amide bonds. The highest BCUT2D eigenvalue weighted by Gasteiger charge is 2.35. The molecule has 0 radical (unpaired) electrons. The smallest absolute Gasteiger partial charge is 0.118 e. The topological polar surface area (TPSA) is 52.9 Å². The summed E-state index contributed by atoms with van der Waals surface area (Å²) in [5, 5.41) is 21.5.